The minimum absolute atomic E-state index is 0.202. The fraction of sp³-hybridized carbons (Fsp3) is 0.0556. The molecule has 3 aromatic rings. The smallest absolute Gasteiger partial charge is 0.307 e. The second kappa shape index (κ2) is 7.94. The zero-order valence-electron chi connectivity index (χ0n) is 12.5. The summed E-state index contributed by atoms with van der Waals surface area (Å²) in [6, 6.07) is 19.5. The van der Waals surface area contributed by atoms with Gasteiger partial charge < -0.3 is 9.32 Å². The van der Waals surface area contributed by atoms with Gasteiger partial charge >= 0.3 is 10.8 Å². The minimum Gasteiger partial charge on any atom is -0.307 e. The Morgan fingerprint density at radius 1 is 0.917 bits per heavy atom. The second-order valence-electron chi connectivity index (χ2n) is 5.12. The Kier molecular flexibility index (Phi) is 5.68. The third-order valence-electron chi connectivity index (χ3n) is 3.47. The van der Waals surface area contributed by atoms with Crippen molar-refractivity contribution in [3.8, 4) is 17.0 Å². The van der Waals surface area contributed by atoms with Gasteiger partial charge in [0.15, 0.2) is 0 Å². The predicted octanol–water partition coefficient (Wildman–Crippen LogP) is 2.41. The molecule has 0 N–H and O–H groups in total. The molecular weight excluding hydrogens is 441 g/mol. The van der Waals surface area contributed by atoms with Crippen LogP contribution in [0.5, 0.6) is 5.75 Å². The van der Waals surface area contributed by atoms with Crippen molar-refractivity contribution < 1.29 is 24.4 Å². The molecule has 0 fully saturated rings. The molecule has 122 valence electrons. The Morgan fingerprint density at radius 3 is 2.17 bits per heavy atom. The fourth-order valence-corrected chi connectivity index (χ4v) is 2.98. The lowest BCUT2D eigenvalue weighted by molar-refractivity contribution is -1.62. The van der Waals surface area contributed by atoms with Crippen molar-refractivity contribution in [3.05, 3.63) is 81.6 Å². The van der Waals surface area contributed by atoms with Crippen molar-refractivity contribution >= 4 is 22.6 Å². The highest BCUT2D eigenvalue weighted by molar-refractivity contribution is 14.1. The van der Waals surface area contributed by atoms with Crippen LogP contribution < -0.4 is 13.6 Å². The van der Waals surface area contributed by atoms with E-state index in [2.05, 4.69) is 51.8 Å². The van der Waals surface area contributed by atoms with Crippen molar-refractivity contribution in [1.82, 2.24) is 4.98 Å². The first-order valence-corrected chi connectivity index (χ1v) is 9.15. The van der Waals surface area contributed by atoms with Gasteiger partial charge in [-0.1, -0.05) is 36.4 Å². The zero-order chi connectivity index (χ0) is 16.9. The summed E-state index contributed by atoms with van der Waals surface area (Å²) in [7, 11) is -2.28. The van der Waals surface area contributed by atoms with Crippen LogP contribution in [0.4, 0.5) is 0 Å². The molecule has 0 saturated carbocycles. The molecule has 0 spiro atoms. The van der Waals surface area contributed by atoms with Gasteiger partial charge in [0.2, 0.25) is 0 Å². The Morgan fingerprint density at radius 2 is 1.54 bits per heavy atom. The summed E-state index contributed by atoms with van der Waals surface area (Å²) < 4.78 is 27.5. The molecular formula is C18H13ClINO3. The van der Waals surface area contributed by atoms with E-state index in [4.69, 9.17) is 4.29 Å². The molecule has 6 heteroatoms. The van der Waals surface area contributed by atoms with Gasteiger partial charge in [0, 0.05) is 15.3 Å². The van der Waals surface area contributed by atoms with Crippen LogP contribution in [0, 0.1) is 14.4 Å². The van der Waals surface area contributed by atoms with Crippen LogP contribution in [-0.4, -0.2) is 4.98 Å². The van der Waals surface area contributed by atoms with Crippen molar-refractivity contribution in [2.75, 3.05) is 0 Å². The van der Waals surface area contributed by atoms with E-state index in [9.17, 15) is 9.32 Å². The first kappa shape index (κ1) is 17.2. The molecule has 3 rings (SSSR count). The molecule has 0 radical (unpaired) electrons. The average Bonchev–Trinajstić information content (AvgIpc) is 2.58. The largest absolute Gasteiger partial charge is 0.349 e. The van der Waals surface area contributed by atoms with Gasteiger partial charge in [0.25, 0.3) is 5.75 Å². The van der Waals surface area contributed by atoms with E-state index in [1.165, 1.54) is 14.7 Å². The van der Waals surface area contributed by atoms with Gasteiger partial charge in [-0.3, -0.25) is 4.98 Å². The quantitative estimate of drug-likeness (QED) is 0.557. The Bertz CT molecular complexity index is 807. The van der Waals surface area contributed by atoms with Crippen molar-refractivity contribution in [3.63, 3.8) is 0 Å². The standard InChI is InChI=1S/C18H13ClINO3/c20-16-9-5-14(6-10-16)12-13-3-7-15(8-4-13)18-17(24-19(22)23)2-1-11-21-18/h1-11H,12H2. The van der Waals surface area contributed by atoms with E-state index in [-0.39, 0.29) is 5.75 Å². The first-order chi connectivity index (χ1) is 11.6. The molecule has 4 nitrogen and oxygen atoms in total. The maximum atomic E-state index is 10.7. The molecule has 0 amide bonds. The van der Waals surface area contributed by atoms with Gasteiger partial charge in [0.05, 0.1) is 0 Å². The van der Waals surface area contributed by atoms with Crippen LogP contribution in [-0.2, 0) is 6.42 Å². The Labute approximate surface area is 156 Å². The molecule has 2 aromatic carbocycles. The maximum absolute atomic E-state index is 10.7. The maximum Gasteiger partial charge on any atom is 0.349 e. The molecule has 0 saturated heterocycles. The van der Waals surface area contributed by atoms with Gasteiger partial charge in [-0.15, -0.1) is 4.29 Å². The molecule has 1 aromatic heterocycles. The highest BCUT2D eigenvalue weighted by Gasteiger charge is 2.17. The number of rotatable bonds is 5. The Balaban J connectivity index is 1.81. The summed E-state index contributed by atoms with van der Waals surface area (Å²) in [5, 5.41) is 0. The summed E-state index contributed by atoms with van der Waals surface area (Å²) in [6.07, 6.45) is 2.44. The summed E-state index contributed by atoms with van der Waals surface area (Å²) in [6.45, 7) is 0. The third-order valence-corrected chi connectivity index (χ3v) is 4.48. The number of halogens is 2. The van der Waals surface area contributed by atoms with Gasteiger partial charge in [-0.05, 0) is 64.4 Å². The van der Waals surface area contributed by atoms with E-state index in [0.717, 1.165) is 12.0 Å². The third kappa shape index (κ3) is 4.45. The summed E-state index contributed by atoms with van der Waals surface area (Å²) in [4.78, 5) is 4.22. The van der Waals surface area contributed by atoms with Crippen molar-refractivity contribution in [1.29, 1.82) is 0 Å². The van der Waals surface area contributed by atoms with Gasteiger partial charge in [0.1, 0.15) is 5.69 Å². The van der Waals surface area contributed by atoms with Crippen LogP contribution in [0.1, 0.15) is 11.1 Å². The van der Waals surface area contributed by atoms with Crippen molar-refractivity contribution in [2.45, 2.75) is 6.42 Å². The number of aromatic nitrogens is 1. The SMILES string of the molecule is [O-][Cl+2]([O-])Oc1cccnc1-c1ccc(Cc2ccc(I)cc2)cc1. The van der Waals surface area contributed by atoms with Crippen LogP contribution in [0.3, 0.4) is 0 Å². The highest BCUT2D eigenvalue weighted by atomic mass is 127. The molecule has 24 heavy (non-hydrogen) atoms. The fourth-order valence-electron chi connectivity index (χ4n) is 2.36. The predicted molar refractivity (Wildman–Crippen MR) is 92.3 cm³/mol. The van der Waals surface area contributed by atoms with Crippen LogP contribution >= 0.6 is 22.6 Å². The highest BCUT2D eigenvalue weighted by Crippen LogP contribution is 2.28. The number of hydrogen-bond acceptors (Lipinski definition) is 4. The monoisotopic (exact) mass is 453 g/mol. The molecule has 0 aliphatic heterocycles. The summed E-state index contributed by atoms with van der Waals surface area (Å²) in [5.41, 5.74) is 3.71. The van der Waals surface area contributed by atoms with E-state index in [1.807, 2.05) is 24.3 Å². The van der Waals surface area contributed by atoms with E-state index >= 15 is 0 Å². The lowest BCUT2D eigenvalue weighted by Crippen LogP contribution is -2.37. The van der Waals surface area contributed by atoms with E-state index < -0.39 is 10.8 Å². The minimum atomic E-state index is -2.28. The first-order valence-electron chi connectivity index (χ1n) is 7.14. The molecule has 0 aliphatic carbocycles. The number of hydrogen-bond donors (Lipinski definition) is 0. The number of benzene rings is 2. The van der Waals surface area contributed by atoms with E-state index in [1.54, 1.807) is 18.3 Å². The van der Waals surface area contributed by atoms with Crippen molar-refractivity contribution in [2.24, 2.45) is 0 Å². The molecule has 0 atom stereocenters. The lowest BCUT2D eigenvalue weighted by Gasteiger charge is -2.06. The summed E-state index contributed by atoms with van der Waals surface area (Å²) in [5.74, 6) is 0.202. The number of pyridine rings is 1. The van der Waals surface area contributed by atoms with Crippen LogP contribution in [0.25, 0.3) is 11.3 Å². The Hall–Kier alpha value is -1.67. The second-order valence-corrected chi connectivity index (χ2v) is 6.89. The zero-order valence-corrected chi connectivity index (χ0v) is 15.4. The van der Waals surface area contributed by atoms with Gasteiger partial charge in [-0.2, -0.15) is 0 Å². The lowest BCUT2D eigenvalue weighted by atomic mass is 10.0. The van der Waals surface area contributed by atoms with Crippen LogP contribution in [0.2, 0.25) is 0 Å². The van der Waals surface area contributed by atoms with Crippen LogP contribution in [0.15, 0.2) is 66.9 Å². The summed E-state index contributed by atoms with van der Waals surface area (Å²) >= 11 is 2.29. The average molecular weight is 454 g/mol. The van der Waals surface area contributed by atoms with E-state index in [0.29, 0.717) is 5.69 Å². The van der Waals surface area contributed by atoms with Gasteiger partial charge in [-0.25, -0.2) is 0 Å². The number of nitrogens with zero attached hydrogens (tertiary/aromatic N) is 1. The molecule has 0 unspecified atom stereocenters. The topological polar surface area (TPSA) is 68.2 Å². The normalized spacial score (nSPS) is 10.8. The molecule has 0 bridgehead atoms. The molecule has 1 heterocycles. The molecule has 0 aliphatic rings.